The molecule has 2 aromatic carbocycles. The molecule has 0 atom stereocenters. The third kappa shape index (κ3) is 3.04. The fraction of sp³-hybridized carbons (Fsp3) is 0.130. The molecule has 30 heavy (non-hydrogen) atoms. The third-order valence-corrected chi connectivity index (χ3v) is 5.24. The van der Waals surface area contributed by atoms with Crippen molar-refractivity contribution in [1.29, 1.82) is 0 Å². The summed E-state index contributed by atoms with van der Waals surface area (Å²) in [5, 5.41) is 13.1. The largest absolute Gasteiger partial charge is 0.313 e. The van der Waals surface area contributed by atoms with Crippen LogP contribution in [0.3, 0.4) is 0 Å². The molecule has 3 aromatic heterocycles. The van der Waals surface area contributed by atoms with Crippen molar-refractivity contribution < 1.29 is 4.39 Å². The summed E-state index contributed by atoms with van der Waals surface area (Å²) in [5.41, 5.74) is 4.67. The molecule has 6 nitrogen and oxygen atoms in total. The van der Waals surface area contributed by atoms with Crippen LogP contribution in [-0.4, -0.2) is 24.4 Å². The van der Waals surface area contributed by atoms with E-state index in [1.165, 1.54) is 12.1 Å². The number of fused-ring (bicyclic) bond motifs is 3. The highest BCUT2D eigenvalue weighted by Crippen LogP contribution is 2.28. The van der Waals surface area contributed by atoms with E-state index in [0.717, 1.165) is 28.8 Å². The molecule has 3 heterocycles. The number of pyridine rings is 1. The highest BCUT2D eigenvalue weighted by Gasteiger charge is 2.17. The van der Waals surface area contributed by atoms with Gasteiger partial charge in [-0.25, -0.2) is 8.91 Å². The summed E-state index contributed by atoms with van der Waals surface area (Å²) < 4.78 is 16.6. The van der Waals surface area contributed by atoms with Gasteiger partial charge in [-0.2, -0.15) is 5.10 Å². The molecule has 0 aliphatic rings. The second-order valence-corrected chi connectivity index (χ2v) is 7.19. The van der Waals surface area contributed by atoms with Crippen molar-refractivity contribution in [3.63, 3.8) is 0 Å². The second-order valence-electron chi connectivity index (χ2n) is 7.19. The predicted molar refractivity (Wildman–Crippen MR) is 113 cm³/mol. The van der Waals surface area contributed by atoms with Crippen LogP contribution in [-0.2, 0) is 13.0 Å². The molecule has 0 aliphatic heterocycles. The molecule has 0 radical (unpaired) electrons. The summed E-state index contributed by atoms with van der Waals surface area (Å²) in [6.07, 6.45) is 2.51. The maximum absolute atomic E-state index is 13.3. The van der Waals surface area contributed by atoms with Crippen molar-refractivity contribution in [2.45, 2.75) is 19.9 Å². The number of nitrogens with zero attached hydrogens (tertiary/aromatic N) is 5. The number of aryl methyl sites for hydroxylation is 3. The van der Waals surface area contributed by atoms with Crippen LogP contribution < -0.4 is 5.56 Å². The van der Waals surface area contributed by atoms with Crippen LogP contribution in [0.15, 0.2) is 71.7 Å². The highest BCUT2D eigenvalue weighted by atomic mass is 19.1. The summed E-state index contributed by atoms with van der Waals surface area (Å²) in [7, 11) is 0. The van der Waals surface area contributed by atoms with Crippen LogP contribution in [0.2, 0.25) is 0 Å². The van der Waals surface area contributed by atoms with Crippen LogP contribution in [0.4, 0.5) is 4.39 Å². The molecule has 0 saturated carbocycles. The molecule has 0 aliphatic carbocycles. The normalized spacial score (nSPS) is 11.4. The van der Waals surface area contributed by atoms with E-state index >= 15 is 0 Å². The van der Waals surface area contributed by atoms with E-state index in [1.807, 2.05) is 43.3 Å². The standard InChI is InChI=1S/C23H18FN5O/c1-15-20(17-7-9-18(24)10-8-17)22-26-25-21-19(29(22)27-15)12-14-28(23(21)30)13-11-16-5-3-2-4-6-16/h2-10,12,14H,11,13H2,1H3. The summed E-state index contributed by atoms with van der Waals surface area (Å²) in [4.78, 5) is 13.0. The first-order chi connectivity index (χ1) is 14.6. The fourth-order valence-electron chi connectivity index (χ4n) is 3.72. The van der Waals surface area contributed by atoms with E-state index in [-0.39, 0.29) is 16.9 Å². The van der Waals surface area contributed by atoms with Gasteiger partial charge < -0.3 is 4.57 Å². The third-order valence-electron chi connectivity index (χ3n) is 5.24. The first-order valence-electron chi connectivity index (χ1n) is 9.67. The molecule has 7 heteroatoms. The van der Waals surface area contributed by atoms with Gasteiger partial charge in [0.1, 0.15) is 11.3 Å². The minimum Gasteiger partial charge on any atom is -0.313 e. The molecule has 5 rings (SSSR count). The van der Waals surface area contributed by atoms with Crippen molar-refractivity contribution in [3.05, 3.63) is 94.3 Å². The van der Waals surface area contributed by atoms with E-state index < -0.39 is 0 Å². The zero-order valence-electron chi connectivity index (χ0n) is 16.3. The van der Waals surface area contributed by atoms with Crippen LogP contribution >= 0.6 is 0 Å². The first-order valence-corrected chi connectivity index (χ1v) is 9.67. The number of hydrogen-bond donors (Lipinski definition) is 0. The number of benzene rings is 2. The Balaban J connectivity index is 1.59. The Morgan fingerprint density at radius 2 is 1.73 bits per heavy atom. The lowest BCUT2D eigenvalue weighted by atomic mass is 10.1. The molecule has 0 bridgehead atoms. The number of rotatable bonds is 4. The lowest BCUT2D eigenvalue weighted by molar-refractivity contribution is 0.628. The Hall–Kier alpha value is -3.87. The van der Waals surface area contributed by atoms with Gasteiger partial charge in [0.2, 0.25) is 0 Å². The van der Waals surface area contributed by atoms with Crippen molar-refractivity contribution in [2.24, 2.45) is 0 Å². The van der Waals surface area contributed by atoms with Crippen LogP contribution in [0, 0.1) is 12.7 Å². The highest BCUT2D eigenvalue weighted by molar-refractivity contribution is 5.84. The topological polar surface area (TPSA) is 65.1 Å². The maximum Gasteiger partial charge on any atom is 0.280 e. The summed E-state index contributed by atoms with van der Waals surface area (Å²) in [6, 6.07) is 18.0. The van der Waals surface area contributed by atoms with Gasteiger partial charge in [-0.3, -0.25) is 4.79 Å². The quantitative estimate of drug-likeness (QED) is 0.461. The minimum atomic E-state index is -0.305. The zero-order chi connectivity index (χ0) is 20.7. The molecule has 0 unspecified atom stereocenters. The Bertz CT molecular complexity index is 1420. The molecule has 0 spiro atoms. The van der Waals surface area contributed by atoms with Crippen LogP contribution in [0.25, 0.3) is 27.8 Å². The molecule has 0 fully saturated rings. The lowest BCUT2D eigenvalue weighted by Gasteiger charge is -2.07. The van der Waals surface area contributed by atoms with Gasteiger partial charge in [0.25, 0.3) is 5.56 Å². The Morgan fingerprint density at radius 3 is 2.50 bits per heavy atom. The smallest absolute Gasteiger partial charge is 0.280 e. The Morgan fingerprint density at radius 1 is 0.967 bits per heavy atom. The van der Waals surface area contributed by atoms with E-state index in [9.17, 15) is 9.18 Å². The van der Waals surface area contributed by atoms with Gasteiger partial charge in [0.05, 0.1) is 11.3 Å². The van der Waals surface area contributed by atoms with Crippen molar-refractivity contribution >= 4 is 16.7 Å². The van der Waals surface area contributed by atoms with Gasteiger partial charge >= 0.3 is 0 Å². The number of hydrogen-bond acceptors (Lipinski definition) is 4. The molecule has 0 amide bonds. The average Bonchev–Trinajstić information content (AvgIpc) is 3.11. The minimum absolute atomic E-state index is 0.200. The van der Waals surface area contributed by atoms with Gasteiger partial charge in [-0.05, 0) is 42.7 Å². The average molecular weight is 399 g/mol. The lowest BCUT2D eigenvalue weighted by Crippen LogP contribution is -2.22. The summed E-state index contributed by atoms with van der Waals surface area (Å²) >= 11 is 0. The van der Waals surface area contributed by atoms with E-state index in [1.54, 1.807) is 27.4 Å². The zero-order valence-corrected chi connectivity index (χ0v) is 16.3. The summed E-state index contributed by atoms with van der Waals surface area (Å²) in [5.74, 6) is -0.305. The van der Waals surface area contributed by atoms with Crippen LogP contribution in [0.1, 0.15) is 11.3 Å². The van der Waals surface area contributed by atoms with Gasteiger partial charge in [-0.15, -0.1) is 10.2 Å². The van der Waals surface area contributed by atoms with Gasteiger partial charge in [-0.1, -0.05) is 42.5 Å². The molecular formula is C23H18FN5O. The number of aromatic nitrogens is 5. The molecule has 5 aromatic rings. The van der Waals surface area contributed by atoms with Crippen LogP contribution in [0.5, 0.6) is 0 Å². The van der Waals surface area contributed by atoms with E-state index in [2.05, 4.69) is 15.3 Å². The first kappa shape index (κ1) is 18.2. The second kappa shape index (κ2) is 7.18. The maximum atomic E-state index is 13.3. The van der Waals surface area contributed by atoms with Crippen molar-refractivity contribution in [1.82, 2.24) is 24.4 Å². The molecular weight excluding hydrogens is 381 g/mol. The van der Waals surface area contributed by atoms with E-state index in [0.29, 0.717) is 17.7 Å². The Kier molecular flexibility index (Phi) is 4.35. The van der Waals surface area contributed by atoms with E-state index in [4.69, 9.17) is 0 Å². The SMILES string of the molecule is Cc1nn2c(nnc3c(=O)n(CCc4ccccc4)ccc32)c1-c1ccc(F)cc1. The monoisotopic (exact) mass is 399 g/mol. The molecule has 0 saturated heterocycles. The van der Waals surface area contributed by atoms with Gasteiger partial charge in [0, 0.05) is 12.7 Å². The van der Waals surface area contributed by atoms with Gasteiger partial charge in [0.15, 0.2) is 11.2 Å². The predicted octanol–water partition coefficient (Wildman–Crippen LogP) is 3.80. The van der Waals surface area contributed by atoms with Crippen molar-refractivity contribution in [3.8, 4) is 11.1 Å². The van der Waals surface area contributed by atoms with Crippen molar-refractivity contribution in [2.75, 3.05) is 0 Å². The molecule has 148 valence electrons. The summed E-state index contributed by atoms with van der Waals surface area (Å²) in [6.45, 7) is 2.41. The number of halogens is 1. The Labute approximate surface area is 171 Å². The molecule has 0 N–H and O–H groups in total. The fourth-order valence-corrected chi connectivity index (χ4v) is 3.72.